The molecular weight excluding hydrogens is 398 g/mol. The first kappa shape index (κ1) is 18.5. The van der Waals surface area contributed by atoms with Crippen molar-refractivity contribution < 1.29 is 9.72 Å². The maximum atomic E-state index is 12.6. The van der Waals surface area contributed by atoms with E-state index >= 15 is 0 Å². The van der Waals surface area contributed by atoms with Crippen LogP contribution in [0.1, 0.15) is 5.69 Å². The van der Waals surface area contributed by atoms with E-state index in [2.05, 4.69) is 9.97 Å². The molecular formula is C18H17N5O3S2. The van der Waals surface area contributed by atoms with Crippen LogP contribution in [0, 0.1) is 10.1 Å². The smallest absolute Gasteiger partial charge is 0.287 e. The van der Waals surface area contributed by atoms with Crippen LogP contribution in [0.2, 0.25) is 0 Å². The van der Waals surface area contributed by atoms with E-state index in [9.17, 15) is 14.9 Å². The number of carbonyl (C=O) groups excluding carboxylic acids is 1. The number of hydrogen-bond donors (Lipinski definition) is 0. The molecule has 10 heteroatoms. The highest BCUT2D eigenvalue weighted by Gasteiger charge is 2.23. The minimum Gasteiger partial charge on any atom is -0.353 e. The van der Waals surface area contributed by atoms with E-state index < -0.39 is 4.92 Å². The molecule has 1 amide bonds. The normalized spacial score (nSPS) is 14.3. The van der Waals surface area contributed by atoms with Gasteiger partial charge in [-0.2, -0.15) is 0 Å². The fourth-order valence-electron chi connectivity index (χ4n) is 3.03. The molecule has 0 aliphatic carbocycles. The molecule has 0 aromatic carbocycles. The van der Waals surface area contributed by atoms with Gasteiger partial charge in [-0.3, -0.25) is 14.9 Å². The SMILES string of the molecule is O=C(Cc1csc(-c2cccs2)n1)N1CCN(c2ccc([N+](=O)[O-])cn2)CC1. The lowest BCUT2D eigenvalue weighted by Crippen LogP contribution is -2.49. The Balaban J connectivity index is 1.32. The quantitative estimate of drug-likeness (QED) is 0.470. The first-order valence-electron chi connectivity index (χ1n) is 8.71. The summed E-state index contributed by atoms with van der Waals surface area (Å²) < 4.78 is 0. The van der Waals surface area contributed by atoms with Gasteiger partial charge < -0.3 is 9.80 Å². The van der Waals surface area contributed by atoms with E-state index in [4.69, 9.17) is 0 Å². The Morgan fingerprint density at radius 1 is 1.18 bits per heavy atom. The Kier molecular flexibility index (Phi) is 5.31. The number of thiazole rings is 1. The lowest BCUT2D eigenvalue weighted by molar-refractivity contribution is -0.385. The zero-order valence-corrected chi connectivity index (χ0v) is 16.5. The largest absolute Gasteiger partial charge is 0.353 e. The molecule has 4 rings (SSSR count). The Labute approximate surface area is 169 Å². The summed E-state index contributed by atoms with van der Waals surface area (Å²) >= 11 is 3.20. The van der Waals surface area contributed by atoms with Crippen LogP contribution in [-0.4, -0.2) is 51.9 Å². The molecule has 3 aromatic rings. The van der Waals surface area contributed by atoms with Crippen LogP contribution in [0.3, 0.4) is 0 Å². The van der Waals surface area contributed by atoms with Gasteiger partial charge in [0.15, 0.2) is 0 Å². The molecule has 0 N–H and O–H groups in total. The number of hydrogen-bond acceptors (Lipinski definition) is 8. The highest BCUT2D eigenvalue weighted by Crippen LogP contribution is 2.28. The summed E-state index contributed by atoms with van der Waals surface area (Å²) in [5, 5.41) is 15.6. The summed E-state index contributed by atoms with van der Waals surface area (Å²) in [5.41, 5.74) is 0.778. The maximum absolute atomic E-state index is 12.6. The van der Waals surface area contributed by atoms with Crippen molar-refractivity contribution in [2.75, 3.05) is 31.1 Å². The summed E-state index contributed by atoms with van der Waals surface area (Å²) in [5.74, 6) is 0.761. The Hall–Kier alpha value is -2.85. The highest BCUT2D eigenvalue weighted by atomic mass is 32.1. The third kappa shape index (κ3) is 4.02. The van der Waals surface area contributed by atoms with Crippen LogP contribution in [-0.2, 0) is 11.2 Å². The van der Waals surface area contributed by atoms with Crippen LogP contribution in [0.4, 0.5) is 11.5 Å². The third-order valence-electron chi connectivity index (χ3n) is 4.52. The van der Waals surface area contributed by atoms with E-state index in [1.54, 1.807) is 28.7 Å². The molecule has 8 nitrogen and oxygen atoms in total. The Bertz CT molecular complexity index is 964. The van der Waals surface area contributed by atoms with Gasteiger partial charge in [-0.25, -0.2) is 9.97 Å². The standard InChI is InChI=1S/C18H17N5O3S2/c24-17(10-13-12-28-18(20-13)15-2-1-9-27-15)22-7-5-21(6-8-22)16-4-3-14(11-19-16)23(25)26/h1-4,9,11-12H,5-8,10H2. The second-order valence-corrected chi connectivity index (χ2v) is 8.10. The van der Waals surface area contributed by atoms with Gasteiger partial charge in [0.1, 0.15) is 17.0 Å². The van der Waals surface area contributed by atoms with Crippen molar-refractivity contribution in [3.05, 3.63) is 57.0 Å². The van der Waals surface area contributed by atoms with Crippen LogP contribution in [0.25, 0.3) is 9.88 Å². The molecule has 1 aliphatic rings. The molecule has 0 unspecified atom stereocenters. The topological polar surface area (TPSA) is 92.5 Å². The summed E-state index contributed by atoms with van der Waals surface area (Å²) in [7, 11) is 0. The molecule has 1 aliphatic heterocycles. The first-order chi connectivity index (χ1) is 13.6. The fourth-order valence-corrected chi connectivity index (χ4v) is 4.66. The van der Waals surface area contributed by atoms with Crippen molar-refractivity contribution in [2.45, 2.75) is 6.42 Å². The van der Waals surface area contributed by atoms with E-state index in [0.717, 1.165) is 15.6 Å². The number of thiophene rings is 1. The fraction of sp³-hybridized carbons (Fsp3) is 0.278. The predicted molar refractivity (Wildman–Crippen MR) is 109 cm³/mol. The molecule has 144 valence electrons. The minimum absolute atomic E-state index is 0.0252. The molecule has 0 saturated carbocycles. The summed E-state index contributed by atoms with van der Waals surface area (Å²) in [6.07, 6.45) is 1.57. The molecule has 0 spiro atoms. The molecule has 0 bridgehead atoms. The average Bonchev–Trinajstić information content (AvgIpc) is 3.40. The zero-order chi connectivity index (χ0) is 19.5. The van der Waals surface area contributed by atoms with Crippen molar-refractivity contribution in [3.63, 3.8) is 0 Å². The van der Waals surface area contributed by atoms with Crippen LogP contribution >= 0.6 is 22.7 Å². The van der Waals surface area contributed by atoms with Crippen molar-refractivity contribution in [1.82, 2.24) is 14.9 Å². The van der Waals surface area contributed by atoms with Gasteiger partial charge in [0, 0.05) is 37.6 Å². The number of piperazine rings is 1. The number of rotatable bonds is 5. The van der Waals surface area contributed by atoms with Crippen LogP contribution in [0.5, 0.6) is 0 Å². The Morgan fingerprint density at radius 3 is 2.64 bits per heavy atom. The zero-order valence-electron chi connectivity index (χ0n) is 14.9. The predicted octanol–water partition coefficient (Wildman–Crippen LogP) is 3.07. The van der Waals surface area contributed by atoms with Crippen LogP contribution in [0.15, 0.2) is 41.2 Å². The molecule has 3 aromatic heterocycles. The Morgan fingerprint density at radius 2 is 2.00 bits per heavy atom. The first-order valence-corrected chi connectivity index (χ1v) is 10.5. The summed E-state index contributed by atoms with van der Waals surface area (Å²) in [6.45, 7) is 2.49. The number of nitro groups is 1. The minimum atomic E-state index is -0.463. The maximum Gasteiger partial charge on any atom is 0.287 e. The van der Waals surface area contributed by atoms with Crippen molar-refractivity contribution in [2.24, 2.45) is 0 Å². The van der Waals surface area contributed by atoms with E-state index in [1.165, 1.54) is 12.3 Å². The number of anilines is 1. The number of nitrogens with zero attached hydrogens (tertiary/aromatic N) is 5. The molecule has 4 heterocycles. The van der Waals surface area contributed by atoms with Crippen molar-refractivity contribution in [1.29, 1.82) is 0 Å². The van der Waals surface area contributed by atoms with Gasteiger partial charge in [-0.15, -0.1) is 22.7 Å². The molecule has 28 heavy (non-hydrogen) atoms. The lowest BCUT2D eigenvalue weighted by atomic mass is 10.2. The van der Waals surface area contributed by atoms with Gasteiger partial charge in [-0.1, -0.05) is 6.07 Å². The van der Waals surface area contributed by atoms with Gasteiger partial charge in [0.05, 0.1) is 21.9 Å². The van der Waals surface area contributed by atoms with Crippen LogP contribution < -0.4 is 4.90 Å². The average molecular weight is 416 g/mol. The lowest BCUT2D eigenvalue weighted by Gasteiger charge is -2.35. The number of pyridine rings is 1. The summed E-state index contributed by atoms with van der Waals surface area (Å²) in [6, 6.07) is 7.12. The van der Waals surface area contributed by atoms with Gasteiger partial charge in [0.2, 0.25) is 5.91 Å². The van der Waals surface area contributed by atoms with Crippen molar-refractivity contribution in [3.8, 4) is 9.88 Å². The van der Waals surface area contributed by atoms with Gasteiger partial charge >= 0.3 is 0 Å². The number of amides is 1. The van der Waals surface area contributed by atoms with Gasteiger partial charge in [-0.05, 0) is 17.5 Å². The second-order valence-electron chi connectivity index (χ2n) is 6.30. The molecule has 1 fully saturated rings. The van der Waals surface area contributed by atoms with Gasteiger partial charge in [0.25, 0.3) is 5.69 Å². The van der Waals surface area contributed by atoms with E-state index in [1.807, 2.05) is 32.7 Å². The monoisotopic (exact) mass is 415 g/mol. The third-order valence-corrected chi connectivity index (χ3v) is 6.45. The summed E-state index contributed by atoms with van der Waals surface area (Å²) in [4.78, 5) is 36.6. The van der Waals surface area contributed by atoms with E-state index in [-0.39, 0.29) is 11.6 Å². The van der Waals surface area contributed by atoms with E-state index in [0.29, 0.717) is 38.4 Å². The highest BCUT2D eigenvalue weighted by molar-refractivity contribution is 7.20. The number of aromatic nitrogens is 2. The molecule has 1 saturated heterocycles. The number of carbonyl (C=O) groups is 1. The molecule has 0 atom stereocenters. The second kappa shape index (κ2) is 8.03. The molecule has 0 radical (unpaired) electrons. The van der Waals surface area contributed by atoms with Crippen molar-refractivity contribution >= 4 is 40.1 Å².